The number of carbonyl (C=O) groups is 1. The molecule has 0 aromatic heterocycles. The Kier molecular flexibility index (Phi) is 3.05. The van der Waals surface area contributed by atoms with Crippen LogP contribution >= 0.6 is 0 Å². The first kappa shape index (κ1) is 10.2. The van der Waals surface area contributed by atoms with Crippen molar-refractivity contribution < 1.29 is 4.79 Å². The van der Waals surface area contributed by atoms with E-state index in [9.17, 15) is 4.79 Å². The second-order valence-electron chi connectivity index (χ2n) is 4.12. The van der Waals surface area contributed by atoms with Crippen molar-refractivity contribution >= 4 is 5.91 Å². The van der Waals surface area contributed by atoms with Crippen LogP contribution in [0.2, 0.25) is 0 Å². The maximum atomic E-state index is 11.5. The zero-order chi connectivity index (χ0) is 10.7. The molecule has 1 aliphatic rings. The van der Waals surface area contributed by atoms with E-state index in [0.717, 1.165) is 24.9 Å². The number of benzene rings is 1. The summed E-state index contributed by atoms with van der Waals surface area (Å²) in [6, 6.07) is 8.48. The Hall–Kier alpha value is -1.31. The zero-order valence-corrected chi connectivity index (χ0v) is 9.12. The van der Waals surface area contributed by atoms with Gasteiger partial charge in [-0.05, 0) is 24.0 Å². The Bertz CT molecular complexity index is 342. The highest BCUT2D eigenvalue weighted by Gasteiger charge is 2.25. The van der Waals surface area contributed by atoms with Gasteiger partial charge in [0.25, 0.3) is 0 Å². The Morgan fingerprint density at radius 2 is 2.07 bits per heavy atom. The van der Waals surface area contributed by atoms with Gasteiger partial charge in [0.2, 0.25) is 5.91 Å². The van der Waals surface area contributed by atoms with Gasteiger partial charge in [-0.3, -0.25) is 4.79 Å². The first-order chi connectivity index (χ1) is 7.31. The first-order valence-corrected chi connectivity index (χ1v) is 5.68. The van der Waals surface area contributed by atoms with Gasteiger partial charge >= 0.3 is 0 Å². The summed E-state index contributed by atoms with van der Waals surface area (Å²) in [5.41, 5.74) is 2.52. The fourth-order valence-corrected chi connectivity index (χ4v) is 2.12. The fourth-order valence-electron chi connectivity index (χ4n) is 2.12. The molecule has 1 saturated heterocycles. The van der Waals surface area contributed by atoms with Crippen LogP contribution in [-0.4, -0.2) is 12.5 Å². The van der Waals surface area contributed by atoms with Crippen molar-refractivity contribution in [1.29, 1.82) is 0 Å². The number of rotatable bonds is 3. The third-order valence-corrected chi connectivity index (χ3v) is 2.97. The molecule has 1 aromatic carbocycles. The molecule has 2 nitrogen and oxygen atoms in total. The Morgan fingerprint density at radius 3 is 2.60 bits per heavy atom. The van der Waals surface area contributed by atoms with Crippen LogP contribution in [0.25, 0.3) is 0 Å². The maximum absolute atomic E-state index is 11.5. The molecule has 2 rings (SSSR count). The van der Waals surface area contributed by atoms with Crippen LogP contribution in [-0.2, 0) is 11.2 Å². The van der Waals surface area contributed by atoms with Crippen molar-refractivity contribution in [3.63, 3.8) is 0 Å². The van der Waals surface area contributed by atoms with Gasteiger partial charge in [0.05, 0.1) is 5.92 Å². The number of carbonyl (C=O) groups excluding carboxylic acids is 1. The Morgan fingerprint density at radius 1 is 1.33 bits per heavy atom. The topological polar surface area (TPSA) is 29.1 Å². The Balaban J connectivity index is 2.12. The van der Waals surface area contributed by atoms with Crippen molar-refractivity contribution in [2.24, 2.45) is 0 Å². The molecule has 1 aliphatic heterocycles. The average molecular weight is 203 g/mol. The number of hydrogen-bond acceptors (Lipinski definition) is 1. The summed E-state index contributed by atoms with van der Waals surface area (Å²) < 4.78 is 0. The molecule has 2 heteroatoms. The van der Waals surface area contributed by atoms with E-state index in [1.54, 1.807) is 0 Å². The highest BCUT2D eigenvalue weighted by atomic mass is 16.2. The van der Waals surface area contributed by atoms with E-state index in [-0.39, 0.29) is 11.8 Å². The standard InChI is InChI=1S/C13H17NO/c1-2-3-10-4-6-11(7-5-10)12-8-9-14-13(12)15/h4-7,12H,2-3,8-9H2,1H3,(H,14,15). The van der Waals surface area contributed by atoms with E-state index >= 15 is 0 Å². The monoisotopic (exact) mass is 203 g/mol. The van der Waals surface area contributed by atoms with Crippen molar-refractivity contribution in [2.75, 3.05) is 6.54 Å². The predicted octanol–water partition coefficient (Wildman–Crippen LogP) is 2.24. The van der Waals surface area contributed by atoms with Gasteiger partial charge in [0.15, 0.2) is 0 Å². The Labute approximate surface area is 90.7 Å². The lowest BCUT2D eigenvalue weighted by atomic mass is 9.96. The van der Waals surface area contributed by atoms with E-state index in [0.29, 0.717) is 0 Å². The molecule has 0 radical (unpaired) electrons. The summed E-state index contributed by atoms with van der Waals surface area (Å²) in [5, 5.41) is 2.87. The van der Waals surface area contributed by atoms with Gasteiger partial charge in [-0.1, -0.05) is 37.6 Å². The third-order valence-electron chi connectivity index (χ3n) is 2.97. The minimum Gasteiger partial charge on any atom is -0.356 e. The molecule has 0 bridgehead atoms. The zero-order valence-electron chi connectivity index (χ0n) is 9.12. The number of amides is 1. The van der Waals surface area contributed by atoms with Gasteiger partial charge in [0, 0.05) is 6.54 Å². The summed E-state index contributed by atoms with van der Waals surface area (Å²) >= 11 is 0. The molecule has 1 unspecified atom stereocenters. The molecular formula is C13H17NO. The quantitative estimate of drug-likeness (QED) is 0.802. The fraction of sp³-hybridized carbons (Fsp3) is 0.462. The lowest BCUT2D eigenvalue weighted by Crippen LogP contribution is -2.17. The SMILES string of the molecule is CCCc1ccc(C2CCNC2=O)cc1. The van der Waals surface area contributed by atoms with E-state index < -0.39 is 0 Å². The summed E-state index contributed by atoms with van der Waals surface area (Å²) in [5.74, 6) is 0.263. The van der Waals surface area contributed by atoms with Gasteiger partial charge in [-0.2, -0.15) is 0 Å². The van der Waals surface area contributed by atoms with Crippen LogP contribution in [0.3, 0.4) is 0 Å². The van der Waals surface area contributed by atoms with Crippen LogP contribution in [0.4, 0.5) is 0 Å². The molecule has 1 aromatic rings. The van der Waals surface area contributed by atoms with Crippen molar-refractivity contribution in [3.8, 4) is 0 Å². The minimum atomic E-state index is 0.0840. The van der Waals surface area contributed by atoms with Crippen LogP contribution < -0.4 is 5.32 Å². The maximum Gasteiger partial charge on any atom is 0.227 e. The van der Waals surface area contributed by atoms with Crippen LogP contribution in [0, 0.1) is 0 Å². The lowest BCUT2D eigenvalue weighted by Gasteiger charge is -2.07. The third kappa shape index (κ3) is 2.20. The highest BCUT2D eigenvalue weighted by molar-refractivity contribution is 5.85. The number of nitrogens with one attached hydrogen (secondary N) is 1. The normalized spacial score (nSPS) is 20.3. The molecule has 1 atom stereocenters. The number of hydrogen-bond donors (Lipinski definition) is 1. The molecule has 1 fully saturated rings. The molecule has 0 saturated carbocycles. The van der Waals surface area contributed by atoms with Gasteiger partial charge in [-0.25, -0.2) is 0 Å². The number of aryl methyl sites for hydroxylation is 1. The molecular weight excluding hydrogens is 186 g/mol. The summed E-state index contributed by atoms with van der Waals surface area (Å²) in [4.78, 5) is 11.5. The van der Waals surface area contributed by atoms with Crippen LogP contribution in [0.5, 0.6) is 0 Å². The second kappa shape index (κ2) is 4.47. The molecule has 15 heavy (non-hydrogen) atoms. The second-order valence-corrected chi connectivity index (χ2v) is 4.12. The molecule has 1 N–H and O–H groups in total. The van der Waals surface area contributed by atoms with E-state index in [2.05, 4.69) is 36.5 Å². The van der Waals surface area contributed by atoms with Crippen molar-refractivity contribution in [2.45, 2.75) is 32.1 Å². The van der Waals surface area contributed by atoms with Crippen LogP contribution in [0.15, 0.2) is 24.3 Å². The van der Waals surface area contributed by atoms with Crippen molar-refractivity contribution in [1.82, 2.24) is 5.32 Å². The highest BCUT2D eigenvalue weighted by Crippen LogP contribution is 2.23. The van der Waals surface area contributed by atoms with Gasteiger partial charge < -0.3 is 5.32 Å². The smallest absolute Gasteiger partial charge is 0.227 e. The van der Waals surface area contributed by atoms with E-state index in [4.69, 9.17) is 0 Å². The largest absolute Gasteiger partial charge is 0.356 e. The average Bonchev–Trinajstić information content (AvgIpc) is 2.66. The summed E-state index contributed by atoms with van der Waals surface area (Å²) in [6.07, 6.45) is 3.23. The van der Waals surface area contributed by atoms with Gasteiger partial charge in [0.1, 0.15) is 0 Å². The minimum absolute atomic E-state index is 0.0840. The predicted molar refractivity (Wildman–Crippen MR) is 60.8 cm³/mol. The van der Waals surface area contributed by atoms with Gasteiger partial charge in [-0.15, -0.1) is 0 Å². The van der Waals surface area contributed by atoms with E-state index in [1.165, 1.54) is 12.0 Å². The summed E-state index contributed by atoms with van der Waals surface area (Å²) in [6.45, 7) is 3.00. The van der Waals surface area contributed by atoms with E-state index in [1.807, 2.05) is 0 Å². The molecule has 1 heterocycles. The molecule has 1 amide bonds. The molecule has 0 aliphatic carbocycles. The first-order valence-electron chi connectivity index (χ1n) is 5.68. The summed E-state index contributed by atoms with van der Waals surface area (Å²) in [7, 11) is 0. The van der Waals surface area contributed by atoms with Crippen LogP contribution in [0.1, 0.15) is 36.8 Å². The molecule has 0 spiro atoms. The molecule has 80 valence electrons. The van der Waals surface area contributed by atoms with Crippen molar-refractivity contribution in [3.05, 3.63) is 35.4 Å². The lowest BCUT2D eigenvalue weighted by molar-refractivity contribution is -0.120.